The Bertz CT molecular complexity index is 1830. The molecule has 3 aromatic carbocycles. The topological polar surface area (TPSA) is 26.0 Å². The van der Waals surface area contributed by atoms with E-state index in [1.54, 1.807) is 0 Å². The molecule has 6 aromatic rings. The number of aryl methyl sites for hydroxylation is 2. The first-order valence-corrected chi connectivity index (χ1v) is 14.4. The van der Waals surface area contributed by atoms with Crippen molar-refractivity contribution < 1.29 is 4.42 Å². The van der Waals surface area contributed by atoms with Crippen LogP contribution >= 0.6 is 11.3 Å². The summed E-state index contributed by atoms with van der Waals surface area (Å²) in [5.74, 6) is 1.59. The summed E-state index contributed by atoms with van der Waals surface area (Å²) in [5.41, 5.74) is 8.00. The average Bonchev–Trinajstić information content (AvgIpc) is 3.37. The first-order valence-electron chi connectivity index (χ1n) is 13.6. The fourth-order valence-corrected chi connectivity index (χ4v) is 6.85. The van der Waals surface area contributed by atoms with Crippen LogP contribution in [-0.4, -0.2) is 4.98 Å². The number of fused-ring (bicyclic) bond motifs is 3. The molecule has 0 atom stereocenters. The van der Waals surface area contributed by atoms with Crippen molar-refractivity contribution in [3.8, 4) is 22.6 Å². The molecule has 0 saturated carbocycles. The third-order valence-electron chi connectivity index (χ3n) is 7.60. The number of nitrogens with zero attached hydrogens (tertiary/aromatic N) is 1. The van der Waals surface area contributed by atoms with Gasteiger partial charge in [-0.1, -0.05) is 65.0 Å². The Morgan fingerprint density at radius 2 is 1.68 bits per heavy atom. The minimum atomic E-state index is 0.00808. The Hall–Kier alpha value is -3.43. The molecule has 0 unspecified atom stereocenters. The highest BCUT2D eigenvalue weighted by molar-refractivity contribution is 7.19. The van der Waals surface area contributed by atoms with Crippen molar-refractivity contribution >= 4 is 43.2 Å². The van der Waals surface area contributed by atoms with Crippen LogP contribution in [-0.2, 0) is 11.8 Å². The van der Waals surface area contributed by atoms with Gasteiger partial charge in [0.1, 0.15) is 11.5 Å². The van der Waals surface area contributed by atoms with Gasteiger partial charge in [-0.25, -0.2) is 0 Å². The summed E-state index contributed by atoms with van der Waals surface area (Å²) in [6, 6.07) is 22.3. The number of thiophene rings is 1. The number of pyridine rings is 1. The van der Waals surface area contributed by atoms with Crippen LogP contribution in [0.15, 0.2) is 71.3 Å². The monoisotopic (exact) mass is 517 g/mol. The molecule has 3 heteroatoms. The molecular weight excluding hydrogens is 482 g/mol. The van der Waals surface area contributed by atoms with E-state index in [1.165, 1.54) is 48.0 Å². The Morgan fingerprint density at radius 1 is 0.895 bits per heavy atom. The van der Waals surface area contributed by atoms with Gasteiger partial charge < -0.3 is 4.42 Å². The van der Waals surface area contributed by atoms with E-state index in [2.05, 4.69) is 109 Å². The second-order valence-electron chi connectivity index (χ2n) is 12.0. The van der Waals surface area contributed by atoms with E-state index in [0.717, 1.165) is 34.4 Å². The molecule has 3 aromatic heterocycles. The predicted octanol–water partition coefficient (Wildman–Crippen LogP) is 10.6. The van der Waals surface area contributed by atoms with Gasteiger partial charge in [0.2, 0.25) is 0 Å². The molecule has 192 valence electrons. The van der Waals surface area contributed by atoms with E-state index in [4.69, 9.17) is 9.40 Å². The van der Waals surface area contributed by atoms with Crippen molar-refractivity contribution in [2.45, 2.75) is 60.3 Å². The minimum absolute atomic E-state index is 0.00808. The number of hydrogen-bond acceptors (Lipinski definition) is 3. The quantitative estimate of drug-likeness (QED) is 0.232. The van der Waals surface area contributed by atoms with Gasteiger partial charge >= 0.3 is 0 Å². The Kier molecular flexibility index (Phi) is 5.96. The molecule has 0 spiro atoms. The van der Waals surface area contributed by atoms with Crippen LogP contribution in [0.2, 0.25) is 0 Å². The maximum atomic E-state index is 6.82. The molecule has 0 fully saturated rings. The van der Waals surface area contributed by atoms with Gasteiger partial charge in [-0.15, -0.1) is 11.3 Å². The first-order chi connectivity index (χ1) is 18.1. The lowest BCUT2D eigenvalue weighted by molar-refractivity contribution is 0.596. The van der Waals surface area contributed by atoms with Crippen molar-refractivity contribution in [2.24, 2.45) is 5.92 Å². The summed E-state index contributed by atoms with van der Waals surface area (Å²) >= 11 is 1.85. The van der Waals surface area contributed by atoms with E-state index in [1.807, 2.05) is 17.5 Å². The van der Waals surface area contributed by atoms with E-state index >= 15 is 0 Å². The van der Waals surface area contributed by atoms with Crippen LogP contribution < -0.4 is 0 Å². The van der Waals surface area contributed by atoms with Gasteiger partial charge in [0.25, 0.3) is 0 Å². The van der Waals surface area contributed by atoms with Gasteiger partial charge in [0, 0.05) is 43.2 Å². The smallest absolute Gasteiger partial charge is 0.161 e. The Morgan fingerprint density at radius 3 is 2.45 bits per heavy atom. The summed E-state index contributed by atoms with van der Waals surface area (Å²) in [6.07, 6.45) is 3.00. The zero-order chi connectivity index (χ0) is 26.8. The Balaban J connectivity index is 1.59. The normalized spacial score (nSPS) is 12.4. The van der Waals surface area contributed by atoms with Crippen LogP contribution in [0.25, 0.3) is 54.4 Å². The number of aromatic nitrogens is 1. The maximum absolute atomic E-state index is 6.82. The van der Waals surface area contributed by atoms with Crippen molar-refractivity contribution in [2.75, 3.05) is 0 Å². The third-order valence-corrected chi connectivity index (χ3v) is 8.68. The van der Waals surface area contributed by atoms with Crippen molar-refractivity contribution in [3.05, 3.63) is 88.4 Å². The summed E-state index contributed by atoms with van der Waals surface area (Å²) in [5, 5.41) is 4.95. The summed E-state index contributed by atoms with van der Waals surface area (Å²) in [7, 11) is 0. The molecule has 0 radical (unpaired) electrons. The summed E-state index contributed by atoms with van der Waals surface area (Å²) in [6.45, 7) is 15.8. The highest BCUT2D eigenvalue weighted by atomic mass is 32.1. The SMILES string of the molecule is Cc1sc2ccc(CC(C)C)cc2c1-c1oc2c(-c3cc(C(C)(C)C)c4ccccc4c3)nccc2c1C. The number of furan rings is 1. The molecule has 38 heavy (non-hydrogen) atoms. The molecule has 0 amide bonds. The Labute approximate surface area is 229 Å². The highest BCUT2D eigenvalue weighted by Gasteiger charge is 2.23. The van der Waals surface area contributed by atoms with Crippen molar-refractivity contribution in [1.29, 1.82) is 0 Å². The molecule has 0 saturated heterocycles. The number of benzene rings is 3. The van der Waals surface area contributed by atoms with Gasteiger partial charge in [0.15, 0.2) is 5.58 Å². The van der Waals surface area contributed by atoms with Crippen LogP contribution in [0.5, 0.6) is 0 Å². The third kappa shape index (κ3) is 4.14. The van der Waals surface area contributed by atoms with Gasteiger partial charge in [-0.2, -0.15) is 0 Å². The minimum Gasteiger partial charge on any atom is -0.453 e. The van der Waals surface area contributed by atoms with E-state index < -0.39 is 0 Å². The summed E-state index contributed by atoms with van der Waals surface area (Å²) < 4.78 is 8.13. The molecule has 0 aliphatic carbocycles. The summed E-state index contributed by atoms with van der Waals surface area (Å²) in [4.78, 5) is 6.17. The predicted molar refractivity (Wildman–Crippen MR) is 164 cm³/mol. The zero-order valence-electron chi connectivity index (χ0n) is 23.4. The molecule has 3 heterocycles. The van der Waals surface area contributed by atoms with E-state index in [9.17, 15) is 0 Å². The molecular formula is C35H35NOS. The molecule has 0 aliphatic rings. The lowest BCUT2D eigenvalue weighted by Crippen LogP contribution is -2.12. The van der Waals surface area contributed by atoms with Gasteiger partial charge in [0.05, 0.1) is 0 Å². The van der Waals surface area contributed by atoms with Crippen LogP contribution in [0.1, 0.15) is 56.2 Å². The lowest BCUT2D eigenvalue weighted by Gasteiger charge is -2.22. The van der Waals surface area contributed by atoms with Crippen LogP contribution in [0, 0.1) is 19.8 Å². The van der Waals surface area contributed by atoms with Crippen molar-refractivity contribution in [3.63, 3.8) is 0 Å². The standard InChI is InChI=1S/C35H35NOS/c1-20(2)16-23-12-13-30-28(17-23)31(22(4)38-30)33-21(3)26-14-15-36-32(34(26)37-33)25-18-24-10-8-9-11-27(24)29(19-25)35(5,6)7/h8-15,17-20H,16H2,1-7H3. The van der Waals surface area contributed by atoms with Gasteiger partial charge in [-0.3, -0.25) is 4.98 Å². The largest absolute Gasteiger partial charge is 0.453 e. The lowest BCUT2D eigenvalue weighted by atomic mass is 9.82. The zero-order valence-corrected chi connectivity index (χ0v) is 24.2. The number of hydrogen-bond donors (Lipinski definition) is 0. The van der Waals surface area contributed by atoms with Crippen molar-refractivity contribution in [1.82, 2.24) is 4.98 Å². The molecule has 2 nitrogen and oxygen atoms in total. The highest BCUT2D eigenvalue weighted by Crippen LogP contribution is 2.45. The molecule has 0 bridgehead atoms. The molecule has 6 rings (SSSR count). The first kappa shape index (κ1) is 24.9. The van der Waals surface area contributed by atoms with E-state index in [0.29, 0.717) is 5.92 Å². The second kappa shape index (κ2) is 9.10. The molecule has 0 N–H and O–H groups in total. The molecule has 0 aliphatic heterocycles. The van der Waals surface area contributed by atoms with Crippen LogP contribution in [0.3, 0.4) is 0 Å². The number of rotatable bonds is 4. The fourth-order valence-electron chi connectivity index (χ4n) is 5.81. The van der Waals surface area contributed by atoms with Gasteiger partial charge in [-0.05, 0) is 83.8 Å². The second-order valence-corrected chi connectivity index (χ2v) is 13.3. The fraction of sp³-hybridized carbons (Fsp3) is 0.286. The average molecular weight is 518 g/mol. The van der Waals surface area contributed by atoms with Crippen LogP contribution in [0.4, 0.5) is 0 Å². The maximum Gasteiger partial charge on any atom is 0.161 e. The van der Waals surface area contributed by atoms with E-state index in [-0.39, 0.29) is 5.41 Å².